The van der Waals surface area contributed by atoms with Crippen molar-refractivity contribution in [1.29, 1.82) is 0 Å². The molecule has 6 rings (SSSR count). The second kappa shape index (κ2) is 15.5. The Morgan fingerprint density at radius 1 is 1.17 bits per heavy atom. The van der Waals surface area contributed by atoms with E-state index in [1.807, 2.05) is 36.4 Å². The van der Waals surface area contributed by atoms with Gasteiger partial charge in [-0.2, -0.15) is 0 Å². The molecule has 4 aliphatic rings. The number of alkyl carbamates (subject to hydrolysis) is 1. The van der Waals surface area contributed by atoms with Crippen LogP contribution >= 0.6 is 0 Å². The van der Waals surface area contributed by atoms with E-state index in [1.54, 1.807) is 20.0 Å². The summed E-state index contributed by atoms with van der Waals surface area (Å²) >= 11 is 0. The highest BCUT2D eigenvalue weighted by molar-refractivity contribution is 7.91. The minimum absolute atomic E-state index is 0.0140. The fourth-order valence-electron chi connectivity index (χ4n) is 6.82. The van der Waals surface area contributed by atoms with Crippen LogP contribution in [0.1, 0.15) is 70.8 Å². The molecule has 3 N–H and O–H groups in total. The average Bonchev–Trinajstić information content (AvgIpc) is 4.04. The number of sulfonamides is 1. The van der Waals surface area contributed by atoms with Gasteiger partial charge in [0.05, 0.1) is 18.4 Å². The van der Waals surface area contributed by atoms with E-state index in [0.717, 1.165) is 21.9 Å². The highest BCUT2D eigenvalue weighted by atomic mass is 32.2. The van der Waals surface area contributed by atoms with Crippen molar-refractivity contribution in [3.05, 3.63) is 66.4 Å². The minimum Gasteiger partial charge on any atom is -0.472 e. The molecule has 53 heavy (non-hydrogen) atoms. The maximum Gasteiger partial charge on any atom is 0.407 e. The normalized spacial score (nSPS) is 26.6. The van der Waals surface area contributed by atoms with E-state index in [2.05, 4.69) is 26.9 Å². The lowest BCUT2D eigenvalue weighted by Crippen LogP contribution is -2.58. The highest BCUT2D eigenvalue weighted by Crippen LogP contribution is 2.45. The van der Waals surface area contributed by atoms with Crippen molar-refractivity contribution >= 4 is 56.5 Å². The molecule has 0 spiro atoms. The van der Waals surface area contributed by atoms with Crippen LogP contribution in [0.5, 0.6) is 5.88 Å². The van der Waals surface area contributed by atoms with Crippen LogP contribution in [0.25, 0.3) is 16.8 Å². The number of nitrogens with one attached hydrogen (secondary N) is 3. The molecule has 5 atom stereocenters. The van der Waals surface area contributed by atoms with E-state index >= 15 is 0 Å². The monoisotopic (exact) mass is 747 g/mol. The van der Waals surface area contributed by atoms with Crippen molar-refractivity contribution in [2.75, 3.05) is 13.2 Å². The Bertz CT molecular complexity index is 1990. The van der Waals surface area contributed by atoms with Crippen molar-refractivity contribution in [2.24, 2.45) is 5.92 Å². The molecular formula is C38H45N5O9S. The Morgan fingerprint density at radius 2 is 1.96 bits per heavy atom. The molecule has 1 unspecified atom stereocenters. The predicted octanol–water partition coefficient (Wildman–Crippen LogP) is 3.47. The highest BCUT2D eigenvalue weighted by Gasteiger charge is 2.62. The topological polar surface area (TPSA) is 190 Å². The van der Waals surface area contributed by atoms with Gasteiger partial charge in [0, 0.05) is 30.3 Å². The molecule has 4 bridgehead atoms. The largest absolute Gasteiger partial charge is 0.472 e. The number of hydrogen-bond acceptors (Lipinski definition) is 10. The molecule has 0 radical (unpaired) electrons. The predicted molar refractivity (Wildman–Crippen MR) is 196 cm³/mol. The molecule has 2 aliphatic heterocycles. The van der Waals surface area contributed by atoms with Crippen LogP contribution in [0.3, 0.4) is 0 Å². The number of aromatic nitrogens is 1. The number of ether oxygens (including phenoxy) is 2. The third kappa shape index (κ3) is 8.78. The van der Waals surface area contributed by atoms with Gasteiger partial charge in [-0.25, -0.2) is 18.2 Å². The van der Waals surface area contributed by atoms with E-state index in [4.69, 9.17) is 9.47 Å². The minimum atomic E-state index is -3.92. The number of fused-ring (bicyclic) bond motifs is 3. The van der Waals surface area contributed by atoms with E-state index < -0.39 is 68.7 Å². The molecule has 4 amide bonds. The van der Waals surface area contributed by atoms with Gasteiger partial charge >= 0.3 is 6.09 Å². The van der Waals surface area contributed by atoms with Crippen molar-refractivity contribution < 1.29 is 41.9 Å². The molecule has 14 nitrogen and oxygen atoms in total. The van der Waals surface area contributed by atoms with E-state index in [9.17, 15) is 32.4 Å². The van der Waals surface area contributed by atoms with Gasteiger partial charge in [-0.3, -0.25) is 23.9 Å². The molecule has 2 aliphatic carbocycles. The Labute approximate surface area is 308 Å². The maximum atomic E-state index is 14.4. The zero-order chi connectivity index (χ0) is 37.9. The number of pyridine rings is 1. The smallest absolute Gasteiger partial charge is 0.407 e. The number of hydrogen-bond donors (Lipinski definition) is 3. The van der Waals surface area contributed by atoms with Crippen LogP contribution in [-0.2, 0) is 33.9 Å². The number of cyclic esters (lactones) is 1. The van der Waals surface area contributed by atoms with E-state index in [0.29, 0.717) is 31.6 Å². The molecule has 2 saturated carbocycles. The first kappa shape index (κ1) is 37.7. The second-order valence-corrected chi connectivity index (χ2v) is 16.3. The van der Waals surface area contributed by atoms with Crippen LogP contribution < -0.4 is 20.1 Å². The molecule has 1 aromatic carbocycles. The molecule has 2 aromatic rings. The second-order valence-electron chi connectivity index (χ2n) is 14.4. The lowest BCUT2D eigenvalue weighted by molar-refractivity contribution is -0.141. The van der Waals surface area contributed by atoms with Gasteiger partial charge in [-0.15, -0.1) is 6.58 Å². The fourth-order valence-corrected chi connectivity index (χ4v) is 8.18. The molecule has 15 heteroatoms. The van der Waals surface area contributed by atoms with E-state index in [1.165, 1.54) is 17.1 Å². The quantitative estimate of drug-likeness (QED) is 0.240. The Morgan fingerprint density at radius 3 is 2.68 bits per heavy atom. The molecular weight excluding hydrogens is 703 g/mol. The van der Waals surface area contributed by atoms with Crippen molar-refractivity contribution in [2.45, 2.75) is 94.2 Å². The van der Waals surface area contributed by atoms with Gasteiger partial charge in [-0.05, 0) is 81.5 Å². The number of allylic oxidation sites excluding steroid dienone is 3. The summed E-state index contributed by atoms with van der Waals surface area (Å²) in [5.41, 5.74) is 0.0911. The zero-order valence-electron chi connectivity index (χ0n) is 29.8. The molecule has 3 heterocycles. The SMILES string of the molecule is C=CC1C[C@]1(NC(=O)[C@@H]1C[C@@H]2CN1C(=O)[C@H](CCC(=O)C=C(C)C)NC(=O)OCCC/C=C/c1ccc3ccnc(c3c1)O2)C(=O)NS(=O)(=O)C1CC1. The third-order valence-electron chi connectivity index (χ3n) is 9.91. The third-order valence-corrected chi connectivity index (χ3v) is 11.7. The number of ketones is 1. The Kier molecular flexibility index (Phi) is 11.0. The van der Waals surface area contributed by atoms with Gasteiger partial charge in [-0.1, -0.05) is 35.9 Å². The lowest BCUT2D eigenvalue weighted by Gasteiger charge is -2.29. The fraction of sp³-hybridized carbons (Fsp3) is 0.474. The molecule has 3 fully saturated rings. The lowest BCUT2D eigenvalue weighted by atomic mass is 10.1. The summed E-state index contributed by atoms with van der Waals surface area (Å²) in [6.45, 7) is 7.29. The van der Waals surface area contributed by atoms with Crippen LogP contribution in [0, 0.1) is 5.92 Å². The first-order valence-electron chi connectivity index (χ1n) is 17.9. The first-order valence-corrected chi connectivity index (χ1v) is 19.5. The van der Waals surface area contributed by atoms with Crippen LogP contribution in [0.15, 0.2) is 60.8 Å². The number of nitrogens with zero attached hydrogens (tertiary/aromatic N) is 2. The molecule has 1 aromatic heterocycles. The summed E-state index contributed by atoms with van der Waals surface area (Å²) in [4.78, 5) is 73.5. The van der Waals surface area contributed by atoms with Crippen LogP contribution in [0.4, 0.5) is 4.79 Å². The standard InChI is InChI=1S/C38H45N5O9S/c1-4-26-21-38(26,36(47)42-53(49,50)29-12-13-29)41-33(45)32-20-28-22-43(32)35(46)31(14-11-27(44)18-23(2)3)40-37(48)51-17-7-5-6-8-24-9-10-25-15-16-39-34(52-28)30(25)19-24/h4,6,8-10,15-16,18-19,26,28-29,31-32H,1,5,7,11-14,17,20-22H2,2-3H3,(H,40,48)(H,41,45)(H,42,47)/b8-6+/t26?,28-,31+,32+,38-/m1/s1. The van der Waals surface area contributed by atoms with Crippen LogP contribution in [0.2, 0.25) is 0 Å². The summed E-state index contributed by atoms with van der Waals surface area (Å²) in [6, 6.07) is 5.24. The summed E-state index contributed by atoms with van der Waals surface area (Å²) in [5, 5.41) is 6.31. The summed E-state index contributed by atoms with van der Waals surface area (Å²) in [7, 11) is -3.92. The molecule has 1 saturated heterocycles. The van der Waals surface area contributed by atoms with Gasteiger partial charge in [0.15, 0.2) is 5.78 Å². The number of carbonyl (C=O) groups is 5. The number of amides is 4. The first-order chi connectivity index (χ1) is 25.3. The van der Waals surface area contributed by atoms with Gasteiger partial charge < -0.3 is 25.0 Å². The van der Waals surface area contributed by atoms with Crippen molar-refractivity contribution in [3.8, 4) is 5.88 Å². The summed E-state index contributed by atoms with van der Waals surface area (Å²) in [5.74, 6) is -2.71. The van der Waals surface area contributed by atoms with Crippen LogP contribution in [-0.4, -0.2) is 90.0 Å². The Hall–Kier alpha value is -5.05. The number of benzene rings is 1. The Balaban J connectivity index is 1.32. The zero-order valence-corrected chi connectivity index (χ0v) is 30.7. The number of rotatable bonds is 10. The summed E-state index contributed by atoms with van der Waals surface area (Å²) < 4.78 is 39.3. The molecule has 282 valence electrons. The number of carbonyl (C=O) groups excluding carboxylic acids is 5. The van der Waals surface area contributed by atoms with Gasteiger partial charge in [0.1, 0.15) is 23.7 Å². The van der Waals surface area contributed by atoms with E-state index in [-0.39, 0.29) is 44.6 Å². The summed E-state index contributed by atoms with van der Waals surface area (Å²) in [6.07, 6.45) is 8.84. The van der Waals surface area contributed by atoms with Crippen molar-refractivity contribution in [3.63, 3.8) is 0 Å². The average molecular weight is 748 g/mol. The van der Waals surface area contributed by atoms with Crippen molar-refractivity contribution in [1.82, 2.24) is 25.2 Å². The maximum absolute atomic E-state index is 14.4. The van der Waals surface area contributed by atoms with Gasteiger partial charge in [0.25, 0.3) is 5.91 Å². The van der Waals surface area contributed by atoms with Gasteiger partial charge in [0.2, 0.25) is 27.7 Å².